The second-order valence-corrected chi connectivity index (χ2v) is 8.40. The molecule has 3 aromatic rings. The number of rotatable bonds is 3. The first-order chi connectivity index (χ1) is 15.5. The molecule has 4 N–H and O–H groups in total. The number of carbonyl (C=O) groups excluding carboxylic acids is 1. The number of aromatic nitrogens is 1. The van der Waals surface area contributed by atoms with Gasteiger partial charge in [0.1, 0.15) is 11.6 Å². The summed E-state index contributed by atoms with van der Waals surface area (Å²) in [5, 5.41) is 6.07. The van der Waals surface area contributed by atoms with Gasteiger partial charge in [-0.15, -0.1) is 0 Å². The molecule has 2 aliphatic rings. The minimum absolute atomic E-state index is 0.0864. The maximum absolute atomic E-state index is 14.9. The van der Waals surface area contributed by atoms with E-state index in [2.05, 4.69) is 15.6 Å². The average molecular weight is 434 g/mol. The quantitative estimate of drug-likeness (QED) is 0.544. The third kappa shape index (κ3) is 3.73. The number of pyridine rings is 1. The molecule has 7 heteroatoms. The van der Waals surface area contributed by atoms with Crippen LogP contribution in [0.4, 0.5) is 14.6 Å². The number of nitrogens with zero attached hydrogens (tertiary/aromatic N) is 1. The molecular weight excluding hydrogens is 410 g/mol. The van der Waals surface area contributed by atoms with Crippen LogP contribution in [-0.2, 0) is 6.42 Å². The van der Waals surface area contributed by atoms with Crippen LogP contribution < -0.4 is 16.4 Å². The predicted molar refractivity (Wildman–Crippen MR) is 120 cm³/mol. The molecule has 0 saturated carbocycles. The van der Waals surface area contributed by atoms with Gasteiger partial charge in [0.25, 0.3) is 5.91 Å². The smallest absolute Gasteiger partial charge is 0.251 e. The Morgan fingerprint density at radius 2 is 1.66 bits per heavy atom. The van der Waals surface area contributed by atoms with Gasteiger partial charge in [-0.1, -0.05) is 24.3 Å². The number of hydrogen-bond donors (Lipinski definition) is 3. The molecule has 0 atom stereocenters. The molecule has 1 amide bonds. The van der Waals surface area contributed by atoms with E-state index in [0.29, 0.717) is 35.6 Å². The van der Waals surface area contributed by atoms with Crippen LogP contribution in [0.5, 0.6) is 0 Å². The zero-order chi connectivity index (χ0) is 22.2. The van der Waals surface area contributed by atoms with E-state index in [9.17, 15) is 13.6 Å². The van der Waals surface area contributed by atoms with Crippen LogP contribution in [0.15, 0.2) is 42.5 Å². The van der Waals surface area contributed by atoms with Crippen molar-refractivity contribution in [2.45, 2.75) is 25.2 Å². The van der Waals surface area contributed by atoms with Gasteiger partial charge < -0.3 is 16.4 Å². The summed E-state index contributed by atoms with van der Waals surface area (Å²) in [6.45, 7) is 2.49. The summed E-state index contributed by atoms with van der Waals surface area (Å²) in [6.07, 6.45) is 2.75. The highest BCUT2D eigenvalue weighted by Crippen LogP contribution is 2.35. The first-order valence-corrected chi connectivity index (χ1v) is 10.9. The molecule has 2 aliphatic heterocycles. The molecular formula is C25H24F2N4O. The number of amides is 1. The van der Waals surface area contributed by atoms with Crippen molar-refractivity contribution in [3.8, 4) is 22.3 Å². The number of nitrogens with one attached hydrogen (secondary N) is 2. The van der Waals surface area contributed by atoms with Crippen molar-refractivity contribution in [2.24, 2.45) is 0 Å². The maximum Gasteiger partial charge on any atom is 0.251 e. The van der Waals surface area contributed by atoms with Gasteiger partial charge in [-0.2, -0.15) is 4.39 Å². The van der Waals surface area contributed by atoms with Gasteiger partial charge in [-0.05, 0) is 73.2 Å². The summed E-state index contributed by atoms with van der Waals surface area (Å²) in [5.74, 6) is -1.17. The van der Waals surface area contributed by atoms with Crippen molar-refractivity contribution in [1.82, 2.24) is 15.6 Å². The first kappa shape index (κ1) is 20.6. The van der Waals surface area contributed by atoms with Gasteiger partial charge in [0, 0.05) is 28.8 Å². The van der Waals surface area contributed by atoms with E-state index in [0.717, 1.165) is 31.5 Å². The Labute approximate surface area is 185 Å². The van der Waals surface area contributed by atoms with Crippen LogP contribution in [0.1, 0.15) is 40.2 Å². The van der Waals surface area contributed by atoms with Crippen LogP contribution in [0.25, 0.3) is 22.3 Å². The molecule has 1 fully saturated rings. The van der Waals surface area contributed by atoms with Crippen molar-refractivity contribution >= 4 is 11.7 Å². The fraction of sp³-hybridized carbons (Fsp3) is 0.280. The lowest BCUT2D eigenvalue weighted by atomic mass is 9.89. The monoisotopic (exact) mass is 434 g/mol. The van der Waals surface area contributed by atoms with Crippen LogP contribution in [0.2, 0.25) is 0 Å². The number of fused-ring (bicyclic) bond motifs is 1. The van der Waals surface area contributed by atoms with E-state index in [4.69, 9.17) is 5.73 Å². The number of benzene rings is 2. The number of hydrogen-bond acceptors (Lipinski definition) is 4. The lowest BCUT2D eigenvalue weighted by Crippen LogP contribution is -2.32. The Balaban J connectivity index is 1.53. The van der Waals surface area contributed by atoms with Crippen molar-refractivity contribution in [3.63, 3.8) is 0 Å². The molecule has 1 saturated heterocycles. The second kappa shape index (κ2) is 8.31. The topological polar surface area (TPSA) is 80.0 Å². The molecule has 164 valence electrons. The highest BCUT2D eigenvalue weighted by molar-refractivity contribution is 5.97. The lowest BCUT2D eigenvalue weighted by Gasteiger charge is -2.23. The molecule has 0 bridgehead atoms. The third-order valence-electron chi connectivity index (χ3n) is 6.45. The van der Waals surface area contributed by atoms with Crippen LogP contribution in [0.3, 0.4) is 0 Å². The summed E-state index contributed by atoms with van der Waals surface area (Å²) in [4.78, 5) is 15.9. The van der Waals surface area contributed by atoms with Gasteiger partial charge in [0.15, 0.2) is 0 Å². The largest absolute Gasteiger partial charge is 0.383 e. The summed E-state index contributed by atoms with van der Waals surface area (Å²) in [7, 11) is 0. The molecule has 3 heterocycles. The van der Waals surface area contributed by atoms with E-state index in [1.165, 1.54) is 11.6 Å². The highest BCUT2D eigenvalue weighted by atomic mass is 19.1. The Kier molecular flexibility index (Phi) is 5.35. The SMILES string of the molecule is Nc1nc(F)c(-c2ccc(C3CCNCC3)cc2)cc1-c1cc2c(cc1F)C(=O)NCC2. The van der Waals surface area contributed by atoms with Crippen molar-refractivity contribution in [3.05, 3.63) is 70.9 Å². The molecule has 0 spiro atoms. The van der Waals surface area contributed by atoms with E-state index in [1.54, 1.807) is 12.1 Å². The number of anilines is 1. The predicted octanol–water partition coefficient (Wildman–Crippen LogP) is 4.03. The van der Waals surface area contributed by atoms with Gasteiger partial charge >= 0.3 is 0 Å². The third-order valence-corrected chi connectivity index (χ3v) is 6.45. The molecule has 0 unspecified atom stereocenters. The summed E-state index contributed by atoms with van der Waals surface area (Å²) in [6, 6.07) is 12.2. The van der Waals surface area contributed by atoms with Gasteiger partial charge in [0.05, 0.1) is 0 Å². The number of carbonyl (C=O) groups is 1. The van der Waals surface area contributed by atoms with Gasteiger partial charge in [-0.3, -0.25) is 4.79 Å². The number of nitrogens with two attached hydrogens (primary N) is 1. The van der Waals surface area contributed by atoms with Crippen molar-refractivity contribution < 1.29 is 13.6 Å². The molecule has 0 radical (unpaired) electrons. The van der Waals surface area contributed by atoms with Crippen molar-refractivity contribution in [2.75, 3.05) is 25.4 Å². The zero-order valence-corrected chi connectivity index (χ0v) is 17.6. The number of piperidine rings is 1. The van der Waals surface area contributed by atoms with E-state index in [1.807, 2.05) is 24.3 Å². The van der Waals surface area contributed by atoms with Gasteiger partial charge in [0.2, 0.25) is 5.95 Å². The highest BCUT2D eigenvalue weighted by Gasteiger charge is 2.22. The summed E-state index contributed by atoms with van der Waals surface area (Å²) in [5.41, 5.74) is 9.74. The fourth-order valence-corrected chi connectivity index (χ4v) is 4.66. The van der Waals surface area contributed by atoms with E-state index in [-0.39, 0.29) is 22.9 Å². The zero-order valence-electron chi connectivity index (χ0n) is 17.6. The van der Waals surface area contributed by atoms with E-state index < -0.39 is 11.8 Å². The molecule has 5 nitrogen and oxygen atoms in total. The molecule has 2 aromatic carbocycles. The Morgan fingerprint density at radius 1 is 0.906 bits per heavy atom. The first-order valence-electron chi connectivity index (χ1n) is 10.9. The normalized spacial score (nSPS) is 16.5. The van der Waals surface area contributed by atoms with E-state index >= 15 is 0 Å². The number of halogens is 2. The lowest BCUT2D eigenvalue weighted by molar-refractivity contribution is 0.0945. The molecule has 0 aliphatic carbocycles. The minimum atomic E-state index is -0.696. The number of nitrogen functional groups attached to an aromatic ring is 1. The Morgan fingerprint density at radius 3 is 2.41 bits per heavy atom. The molecule has 32 heavy (non-hydrogen) atoms. The summed E-state index contributed by atoms with van der Waals surface area (Å²) < 4.78 is 29.7. The Bertz CT molecular complexity index is 1190. The maximum atomic E-state index is 14.9. The van der Waals surface area contributed by atoms with Crippen LogP contribution in [-0.4, -0.2) is 30.5 Å². The summed E-state index contributed by atoms with van der Waals surface area (Å²) >= 11 is 0. The fourth-order valence-electron chi connectivity index (χ4n) is 4.66. The molecule has 1 aromatic heterocycles. The van der Waals surface area contributed by atoms with Crippen LogP contribution in [0, 0.1) is 11.8 Å². The molecule has 5 rings (SSSR count). The second-order valence-electron chi connectivity index (χ2n) is 8.40. The Hall–Kier alpha value is -3.32. The van der Waals surface area contributed by atoms with Crippen molar-refractivity contribution in [1.29, 1.82) is 0 Å². The minimum Gasteiger partial charge on any atom is -0.383 e. The average Bonchev–Trinajstić information content (AvgIpc) is 2.81. The van der Waals surface area contributed by atoms with Crippen LogP contribution >= 0.6 is 0 Å². The standard InChI is InChI=1S/C25H24F2N4O/c26-22-13-19-17(7-10-30-25(19)32)11-20(22)21-12-18(23(27)31-24(21)28)16-3-1-14(2-4-16)15-5-8-29-9-6-15/h1-4,11-13,15,29H,5-10H2,(H2,28,31)(H,30,32). The van der Waals surface area contributed by atoms with Gasteiger partial charge in [-0.25, -0.2) is 9.37 Å².